The average Bonchev–Trinajstić information content (AvgIpc) is 2.58. The van der Waals surface area contributed by atoms with Crippen LogP contribution in [-0.2, 0) is 9.47 Å². The molecule has 0 spiro atoms. The molecule has 1 fully saturated rings. The first-order chi connectivity index (χ1) is 6.36. The Morgan fingerprint density at radius 1 is 1.62 bits per heavy atom. The lowest BCUT2D eigenvalue weighted by molar-refractivity contribution is 0.148. The lowest BCUT2D eigenvalue weighted by atomic mass is 10.1. The van der Waals surface area contributed by atoms with E-state index in [1.165, 1.54) is 12.8 Å². The number of methoxy groups -OCH3 is 1. The van der Waals surface area contributed by atoms with E-state index in [1.807, 2.05) is 0 Å². The van der Waals surface area contributed by atoms with Crippen LogP contribution in [0.15, 0.2) is 0 Å². The summed E-state index contributed by atoms with van der Waals surface area (Å²) < 4.78 is 10.5. The van der Waals surface area contributed by atoms with Crippen LogP contribution >= 0.6 is 0 Å². The first-order valence-electron chi connectivity index (χ1n) is 5.19. The maximum Gasteiger partial charge on any atom is 0.0620 e. The van der Waals surface area contributed by atoms with Gasteiger partial charge in [0, 0.05) is 25.8 Å². The van der Waals surface area contributed by atoms with E-state index in [2.05, 4.69) is 12.2 Å². The van der Waals surface area contributed by atoms with Crippen molar-refractivity contribution in [2.45, 2.75) is 38.3 Å². The average molecular weight is 187 g/mol. The van der Waals surface area contributed by atoms with E-state index in [4.69, 9.17) is 9.47 Å². The Morgan fingerprint density at radius 2 is 2.46 bits per heavy atom. The lowest BCUT2D eigenvalue weighted by Crippen LogP contribution is -2.41. The Hall–Kier alpha value is -0.120. The highest BCUT2D eigenvalue weighted by atomic mass is 16.5. The van der Waals surface area contributed by atoms with Crippen LogP contribution in [0.25, 0.3) is 0 Å². The van der Waals surface area contributed by atoms with Crippen LogP contribution in [0, 0.1) is 0 Å². The molecule has 1 aliphatic heterocycles. The van der Waals surface area contributed by atoms with E-state index >= 15 is 0 Å². The minimum Gasteiger partial charge on any atom is -0.383 e. The Bertz CT molecular complexity index is 118. The van der Waals surface area contributed by atoms with E-state index < -0.39 is 0 Å². The molecule has 0 bridgehead atoms. The van der Waals surface area contributed by atoms with Gasteiger partial charge in [0.15, 0.2) is 0 Å². The molecule has 0 radical (unpaired) electrons. The van der Waals surface area contributed by atoms with Crippen LogP contribution in [-0.4, -0.2) is 39.0 Å². The van der Waals surface area contributed by atoms with Crippen LogP contribution in [0.2, 0.25) is 0 Å². The van der Waals surface area contributed by atoms with Crippen LogP contribution in [0.5, 0.6) is 0 Å². The Labute approximate surface area is 80.8 Å². The fourth-order valence-corrected chi connectivity index (χ4v) is 1.76. The van der Waals surface area contributed by atoms with Gasteiger partial charge in [-0.3, -0.25) is 0 Å². The van der Waals surface area contributed by atoms with Crippen molar-refractivity contribution in [1.82, 2.24) is 5.32 Å². The highest BCUT2D eigenvalue weighted by Crippen LogP contribution is 2.07. The van der Waals surface area contributed by atoms with Crippen LogP contribution in [0.1, 0.15) is 26.2 Å². The molecule has 78 valence electrons. The van der Waals surface area contributed by atoms with Gasteiger partial charge in [-0.2, -0.15) is 0 Å². The predicted molar refractivity (Wildman–Crippen MR) is 52.9 cm³/mol. The molecule has 1 heterocycles. The van der Waals surface area contributed by atoms with Gasteiger partial charge in [-0.15, -0.1) is 0 Å². The Balaban J connectivity index is 2.19. The molecule has 3 heteroatoms. The van der Waals surface area contributed by atoms with Gasteiger partial charge in [-0.25, -0.2) is 0 Å². The van der Waals surface area contributed by atoms with Crippen LogP contribution in [0.4, 0.5) is 0 Å². The van der Waals surface area contributed by atoms with Gasteiger partial charge in [0.1, 0.15) is 0 Å². The van der Waals surface area contributed by atoms with Crippen molar-refractivity contribution >= 4 is 0 Å². The van der Waals surface area contributed by atoms with E-state index in [0.29, 0.717) is 12.1 Å². The third-order valence-corrected chi connectivity index (χ3v) is 2.41. The van der Waals surface area contributed by atoms with Crippen LogP contribution < -0.4 is 5.32 Å². The highest BCUT2D eigenvalue weighted by Gasteiger charge is 2.18. The molecule has 1 aliphatic rings. The number of rotatable bonds is 6. The summed E-state index contributed by atoms with van der Waals surface area (Å²) >= 11 is 0. The van der Waals surface area contributed by atoms with Crippen molar-refractivity contribution in [3.8, 4) is 0 Å². The zero-order valence-corrected chi connectivity index (χ0v) is 8.71. The third-order valence-electron chi connectivity index (χ3n) is 2.41. The zero-order valence-electron chi connectivity index (χ0n) is 8.71. The van der Waals surface area contributed by atoms with Crippen molar-refractivity contribution in [3.63, 3.8) is 0 Å². The molecule has 1 N–H and O–H groups in total. The van der Waals surface area contributed by atoms with Gasteiger partial charge in [0.2, 0.25) is 0 Å². The molecule has 2 unspecified atom stereocenters. The first-order valence-corrected chi connectivity index (χ1v) is 5.19. The third kappa shape index (κ3) is 4.07. The Morgan fingerprint density at radius 3 is 3.00 bits per heavy atom. The van der Waals surface area contributed by atoms with E-state index in [9.17, 15) is 0 Å². The van der Waals surface area contributed by atoms with Gasteiger partial charge in [0.25, 0.3) is 0 Å². The van der Waals surface area contributed by atoms with Gasteiger partial charge < -0.3 is 14.8 Å². The lowest BCUT2D eigenvalue weighted by Gasteiger charge is -2.20. The topological polar surface area (TPSA) is 30.5 Å². The Kier molecular flexibility index (Phi) is 5.35. The van der Waals surface area contributed by atoms with Gasteiger partial charge in [-0.05, 0) is 12.8 Å². The van der Waals surface area contributed by atoms with E-state index in [-0.39, 0.29) is 0 Å². The molecule has 0 aliphatic carbocycles. The summed E-state index contributed by atoms with van der Waals surface area (Å²) in [5.74, 6) is 0. The molecule has 1 rings (SSSR count). The first kappa shape index (κ1) is 11.0. The molecular formula is C10H21NO2. The van der Waals surface area contributed by atoms with Crippen molar-refractivity contribution in [2.24, 2.45) is 0 Å². The molecule has 13 heavy (non-hydrogen) atoms. The fourth-order valence-electron chi connectivity index (χ4n) is 1.76. The molecular weight excluding hydrogens is 166 g/mol. The summed E-state index contributed by atoms with van der Waals surface area (Å²) in [5, 5.41) is 3.57. The second-order valence-corrected chi connectivity index (χ2v) is 3.67. The maximum atomic E-state index is 5.31. The number of hydrogen-bond donors (Lipinski definition) is 1. The van der Waals surface area contributed by atoms with Gasteiger partial charge in [0.05, 0.1) is 13.2 Å². The second-order valence-electron chi connectivity index (χ2n) is 3.67. The summed E-state index contributed by atoms with van der Waals surface area (Å²) in [5.41, 5.74) is 0. The molecule has 0 saturated carbocycles. The molecule has 2 atom stereocenters. The summed E-state index contributed by atoms with van der Waals surface area (Å²) in [6.45, 7) is 4.78. The molecule has 0 aromatic carbocycles. The molecule has 3 nitrogen and oxygen atoms in total. The number of ether oxygens (including phenoxy) is 2. The second kappa shape index (κ2) is 6.35. The largest absolute Gasteiger partial charge is 0.383 e. The molecule has 0 amide bonds. The summed E-state index contributed by atoms with van der Waals surface area (Å²) in [6, 6.07) is 1.05. The summed E-state index contributed by atoms with van der Waals surface area (Å²) in [6.07, 6.45) is 3.53. The minimum absolute atomic E-state index is 0.502. The predicted octanol–water partition coefficient (Wildman–Crippen LogP) is 1.18. The van der Waals surface area contributed by atoms with Crippen LogP contribution in [0.3, 0.4) is 0 Å². The number of nitrogens with one attached hydrogen (secondary N) is 1. The zero-order chi connectivity index (χ0) is 9.52. The van der Waals surface area contributed by atoms with Crippen molar-refractivity contribution in [1.29, 1.82) is 0 Å². The fraction of sp³-hybridized carbons (Fsp3) is 1.00. The summed E-state index contributed by atoms with van der Waals surface area (Å²) in [7, 11) is 1.76. The minimum atomic E-state index is 0.502. The summed E-state index contributed by atoms with van der Waals surface area (Å²) in [4.78, 5) is 0. The number of hydrogen-bond acceptors (Lipinski definition) is 3. The van der Waals surface area contributed by atoms with E-state index in [1.54, 1.807) is 7.11 Å². The maximum absolute atomic E-state index is 5.31. The molecule has 1 saturated heterocycles. The SMILES string of the molecule is CCCC(COC)NC1CCOC1. The quantitative estimate of drug-likeness (QED) is 0.677. The van der Waals surface area contributed by atoms with Crippen molar-refractivity contribution in [3.05, 3.63) is 0 Å². The molecule has 0 aromatic rings. The van der Waals surface area contributed by atoms with Gasteiger partial charge >= 0.3 is 0 Å². The molecule has 0 aromatic heterocycles. The monoisotopic (exact) mass is 187 g/mol. The van der Waals surface area contributed by atoms with Crippen molar-refractivity contribution in [2.75, 3.05) is 26.9 Å². The highest BCUT2D eigenvalue weighted by molar-refractivity contribution is 4.76. The smallest absolute Gasteiger partial charge is 0.0620 e. The van der Waals surface area contributed by atoms with Gasteiger partial charge in [-0.1, -0.05) is 13.3 Å². The van der Waals surface area contributed by atoms with E-state index in [0.717, 1.165) is 26.2 Å². The standard InChI is InChI=1S/C10H21NO2/c1-3-4-9(7-12-2)11-10-5-6-13-8-10/h9-11H,3-8H2,1-2H3. The van der Waals surface area contributed by atoms with Crippen molar-refractivity contribution < 1.29 is 9.47 Å². The normalized spacial score (nSPS) is 24.9.